The molecule has 0 bridgehead atoms. The van der Waals surface area contributed by atoms with Crippen molar-refractivity contribution < 1.29 is 9.59 Å². The number of aromatic nitrogens is 1. The van der Waals surface area contributed by atoms with Gasteiger partial charge in [-0.05, 0) is 43.7 Å². The molecule has 0 fully saturated rings. The maximum absolute atomic E-state index is 13.1. The van der Waals surface area contributed by atoms with Gasteiger partial charge in [-0.25, -0.2) is 0 Å². The highest BCUT2D eigenvalue weighted by Crippen LogP contribution is 2.33. The second kappa shape index (κ2) is 8.57. The highest BCUT2D eigenvalue weighted by atomic mass is 16.2. The van der Waals surface area contributed by atoms with Gasteiger partial charge in [0.2, 0.25) is 11.8 Å². The molecule has 3 aromatic rings. The van der Waals surface area contributed by atoms with Crippen LogP contribution in [0.25, 0.3) is 0 Å². The van der Waals surface area contributed by atoms with Gasteiger partial charge in [-0.1, -0.05) is 47.5 Å². The average Bonchev–Trinajstić information content (AvgIpc) is 3.22. The van der Waals surface area contributed by atoms with Crippen LogP contribution in [0, 0.1) is 13.8 Å². The molecule has 30 heavy (non-hydrogen) atoms. The molecular formula is C25H27N3O2. The van der Waals surface area contributed by atoms with Crippen LogP contribution in [0.4, 0.5) is 5.69 Å². The first-order chi connectivity index (χ1) is 14.5. The Morgan fingerprint density at radius 3 is 2.27 bits per heavy atom. The quantitative estimate of drug-likeness (QED) is 0.686. The van der Waals surface area contributed by atoms with E-state index in [0.717, 1.165) is 29.1 Å². The number of carbonyl (C=O) groups excluding carboxylic acids is 2. The molecule has 0 aliphatic carbocycles. The molecule has 0 unspecified atom stereocenters. The molecule has 0 radical (unpaired) electrons. The van der Waals surface area contributed by atoms with Gasteiger partial charge in [0.05, 0.1) is 6.04 Å². The Hall–Kier alpha value is -3.34. The summed E-state index contributed by atoms with van der Waals surface area (Å²) in [5.74, 6) is -0.133. The number of carbonyl (C=O) groups is 2. The number of nitrogens with zero attached hydrogens (tertiary/aromatic N) is 2. The molecular weight excluding hydrogens is 374 g/mol. The zero-order valence-corrected chi connectivity index (χ0v) is 17.5. The van der Waals surface area contributed by atoms with Gasteiger partial charge in [0, 0.05) is 43.5 Å². The molecule has 1 atom stereocenters. The predicted octanol–water partition coefficient (Wildman–Crippen LogP) is 4.46. The van der Waals surface area contributed by atoms with E-state index in [0.29, 0.717) is 6.54 Å². The highest BCUT2D eigenvalue weighted by Gasteiger charge is 2.32. The van der Waals surface area contributed by atoms with Crippen molar-refractivity contribution in [3.63, 3.8) is 0 Å². The van der Waals surface area contributed by atoms with E-state index in [4.69, 9.17) is 0 Å². The lowest BCUT2D eigenvalue weighted by Crippen LogP contribution is -2.42. The number of fused-ring (bicyclic) bond motifs is 1. The number of hydrogen-bond donors (Lipinski definition) is 1. The fraction of sp³-hybridized carbons (Fsp3) is 0.280. The van der Waals surface area contributed by atoms with E-state index in [2.05, 4.69) is 53.3 Å². The van der Waals surface area contributed by atoms with E-state index in [9.17, 15) is 9.59 Å². The normalized spacial score (nSPS) is 15.5. The number of hydrogen-bond acceptors (Lipinski definition) is 2. The third-order valence-corrected chi connectivity index (χ3v) is 5.65. The van der Waals surface area contributed by atoms with Crippen molar-refractivity contribution in [1.29, 1.82) is 0 Å². The first-order valence-corrected chi connectivity index (χ1v) is 10.4. The molecule has 1 aromatic heterocycles. The van der Waals surface area contributed by atoms with Crippen molar-refractivity contribution in [1.82, 2.24) is 9.47 Å². The van der Waals surface area contributed by atoms with Crippen LogP contribution in [0.3, 0.4) is 0 Å². The molecule has 2 amide bonds. The van der Waals surface area contributed by atoms with Crippen LogP contribution >= 0.6 is 0 Å². The van der Waals surface area contributed by atoms with Crippen molar-refractivity contribution in [3.8, 4) is 0 Å². The van der Waals surface area contributed by atoms with Crippen LogP contribution in [-0.4, -0.2) is 27.8 Å². The zero-order chi connectivity index (χ0) is 21.1. The minimum Gasteiger partial charge on any atom is -0.348 e. The lowest BCUT2D eigenvalue weighted by atomic mass is 9.98. The summed E-state index contributed by atoms with van der Waals surface area (Å²) < 4.78 is 2.21. The standard InChI is InChI=1S/C25H27N3O2/c1-18-5-9-20(10-6-18)25-22-4-3-15-27(22)16-17-28(25)24(30)14-13-23(29)26-21-11-7-19(2)8-12-21/h3-12,15,25H,13-14,16-17H2,1-2H3,(H,26,29)/t25-/m0/s1. The van der Waals surface area contributed by atoms with E-state index >= 15 is 0 Å². The number of benzene rings is 2. The van der Waals surface area contributed by atoms with E-state index in [-0.39, 0.29) is 30.7 Å². The van der Waals surface area contributed by atoms with E-state index in [1.165, 1.54) is 5.56 Å². The monoisotopic (exact) mass is 401 g/mol. The van der Waals surface area contributed by atoms with Crippen LogP contribution < -0.4 is 5.32 Å². The third-order valence-electron chi connectivity index (χ3n) is 5.65. The van der Waals surface area contributed by atoms with Gasteiger partial charge in [0.15, 0.2) is 0 Å². The van der Waals surface area contributed by atoms with Crippen molar-refractivity contribution in [2.45, 2.75) is 39.3 Å². The average molecular weight is 402 g/mol. The highest BCUT2D eigenvalue weighted by molar-refractivity contribution is 5.93. The lowest BCUT2D eigenvalue weighted by Gasteiger charge is -2.37. The number of aryl methyl sites for hydroxylation is 2. The van der Waals surface area contributed by atoms with E-state index in [1.54, 1.807) is 0 Å². The van der Waals surface area contributed by atoms with Gasteiger partial charge in [0.1, 0.15) is 0 Å². The fourth-order valence-corrected chi connectivity index (χ4v) is 3.98. The summed E-state index contributed by atoms with van der Waals surface area (Å²) in [5, 5.41) is 2.87. The predicted molar refractivity (Wildman–Crippen MR) is 118 cm³/mol. The summed E-state index contributed by atoms with van der Waals surface area (Å²) >= 11 is 0. The van der Waals surface area contributed by atoms with Crippen LogP contribution in [0.5, 0.6) is 0 Å². The Morgan fingerprint density at radius 1 is 0.900 bits per heavy atom. The minimum atomic E-state index is -0.139. The van der Waals surface area contributed by atoms with Gasteiger partial charge in [-0.2, -0.15) is 0 Å². The largest absolute Gasteiger partial charge is 0.348 e. The Morgan fingerprint density at radius 2 is 1.57 bits per heavy atom. The molecule has 2 heterocycles. The summed E-state index contributed by atoms with van der Waals surface area (Å²) in [5.41, 5.74) is 5.29. The van der Waals surface area contributed by atoms with Crippen molar-refractivity contribution in [3.05, 3.63) is 89.2 Å². The maximum Gasteiger partial charge on any atom is 0.224 e. The van der Waals surface area contributed by atoms with Gasteiger partial charge in [0.25, 0.3) is 0 Å². The third kappa shape index (κ3) is 4.30. The molecule has 154 valence electrons. The summed E-state index contributed by atoms with van der Waals surface area (Å²) in [6.45, 7) is 5.47. The van der Waals surface area contributed by atoms with Crippen molar-refractivity contribution in [2.75, 3.05) is 11.9 Å². The SMILES string of the molecule is Cc1ccc(NC(=O)CCC(=O)N2CCn3cccc3[C@@H]2c2ccc(C)cc2)cc1. The van der Waals surface area contributed by atoms with Crippen LogP contribution in [-0.2, 0) is 16.1 Å². The molecule has 0 saturated heterocycles. The second-order valence-corrected chi connectivity index (χ2v) is 7.94. The zero-order valence-electron chi connectivity index (χ0n) is 17.5. The Bertz CT molecular complexity index is 1040. The maximum atomic E-state index is 13.1. The Kier molecular flexibility index (Phi) is 5.70. The summed E-state index contributed by atoms with van der Waals surface area (Å²) in [4.78, 5) is 27.4. The summed E-state index contributed by atoms with van der Waals surface area (Å²) in [6, 6.07) is 20.0. The molecule has 2 aromatic carbocycles. The van der Waals surface area contributed by atoms with Gasteiger partial charge in [-0.15, -0.1) is 0 Å². The number of anilines is 1. The molecule has 1 aliphatic heterocycles. The topological polar surface area (TPSA) is 54.3 Å². The molecule has 0 saturated carbocycles. The first-order valence-electron chi connectivity index (χ1n) is 10.4. The Balaban J connectivity index is 1.46. The van der Waals surface area contributed by atoms with Crippen LogP contribution in [0.1, 0.15) is 41.3 Å². The smallest absolute Gasteiger partial charge is 0.224 e. The molecule has 1 N–H and O–H groups in total. The Labute approximate surface area is 177 Å². The molecule has 1 aliphatic rings. The van der Waals surface area contributed by atoms with Crippen molar-refractivity contribution in [2.24, 2.45) is 0 Å². The van der Waals surface area contributed by atoms with Gasteiger partial charge >= 0.3 is 0 Å². The molecule has 5 heteroatoms. The lowest BCUT2D eigenvalue weighted by molar-refractivity contribution is -0.135. The van der Waals surface area contributed by atoms with E-state index < -0.39 is 0 Å². The van der Waals surface area contributed by atoms with Crippen molar-refractivity contribution >= 4 is 17.5 Å². The molecule has 4 rings (SSSR count). The number of amides is 2. The number of rotatable bonds is 5. The van der Waals surface area contributed by atoms with Crippen LogP contribution in [0.15, 0.2) is 66.9 Å². The summed E-state index contributed by atoms with van der Waals surface area (Å²) in [7, 11) is 0. The van der Waals surface area contributed by atoms with Gasteiger partial charge in [-0.3, -0.25) is 9.59 Å². The van der Waals surface area contributed by atoms with E-state index in [1.807, 2.05) is 42.2 Å². The summed E-state index contributed by atoms with van der Waals surface area (Å²) in [6.07, 6.45) is 2.43. The minimum absolute atomic E-state index is 0.00656. The second-order valence-electron chi connectivity index (χ2n) is 7.94. The van der Waals surface area contributed by atoms with Gasteiger partial charge < -0.3 is 14.8 Å². The molecule has 5 nitrogen and oxygen atoms in total. The molecule has 0 spiro atoms. The number of nitrogens with one attached hydrogen (secondary N) is 1. The fourth-order valence-electron chi connectivity index (χ4n) is 3.98. The van der Waals surface area contributed by atoms with Crippen LogP contribution in [0.2, 0.25) is 0 Å². The first kappa shape index (κ1) is 20.0.